The highest BCUT2D eigenvalue weighted by atomic mass is 16.5. The first-order valence-electron chi connectivity index (χ1n) is 5.84. The lowest BCUT2D eigenvalue weighted by Gasteiger charge is -2.23. The van der Waals surface area contributed by atoms with Gasteiger partial charge in [-0.05, 0) is 32.6 Å². The first kappa shape index (κ1) is 12.2. The Morgan fingerprint density at radius 1 is 1.60 bits per heavy atom. The van der Waals surface area contributed by atoms with E-state index in [1.165, 1.54) is 6.42 Å². The van der Waals surface area contributed by atoms with Crippen molar-refractivity contribution in [1.82, 2.24) is 0 Å². The van der Waals surface area contributed by atoms with E-state index in [9.17, 15) is 0 Å². The van der Waals surface area contributed by atoms with E-state index in [2.05, 4.69) is 18.8 Å². The minimum atomic E-state index is 0.163. The highest BCUT2D eigenvalue weighted by molar-refractivity contribution is 5.79. The van der Waals surface area contributed by atoms with E-state index in [1.54, 1.807) is 6.20 Å². The second-order valence-corrected chi connectivity index (χ2v) is 4.06. The summed E-state index contributed by atoms with van der Waals surface area (Å²) < 4.78 is 5.66. The number of nitrogens with zero attached hydrogens (tertiary/aromatic N) is 1. The zero-order chi connectivity index (χ0) is 11.1. The number of rotatable bonds is 4. The van der Waals surface area contributed by atoms with E-state index in [-0.39, 0.29) is 6.10 Å². The van der Waals surface area contributed by atoms with Crippen LogP contribution in [0.1, 0.15) is 39.5 Å². The second kappa shape index (κ2) is 6.62. The first-order chi connectivity index (χ1) is 7.27. The van der Waals surface area contributed by atoms with E-state index >= 15 is 0 Å². The van der Waals surface area contributed by atoms with Crippen LogP contribution in [0.5, 0.6) is 0 Å². The van der Waals surface area contributed by atoms with Crippen LogP contribution in [0.15, 0.2) is 16.8 Å². The van der Waals surface area contributed by atoms with Crippen molar-refractivity contribution in [3.63, 3.8) is 0 Å². The molecule has 0 aliphatic carbocycles. The molecule has 2 atom stereocenters. The first-order valence-corrected chi connectivity index (χ1v) is 5.84. The van der Waals surface area contributed by atoms with Crippen LogP contribution in [0.3, 0.4) is 0 Å². The molecule has 2 N–H and O–H groups in total. The molecule has 1 heterocycles. The van der Waals surface area contributed by atoms with Gasteiger partial charge in [-0.3, -0.25) is 4.99 Å². The SMILES string of the molecule is CCC(C)N=C/C(=C\N)[C@H]1CCCCO1. The van der Waals surface area contributed by atoms with Crippen molar-refractivity contribution in [1.29, 1.82) is 0 Å². The molecule has 86 valence electrons. The number of ether oxygens (including phenoxy) is 1. The van der Waals surface area contributed by atoms with Gasteiger partial charge in [-0.2, -0.15) is 0 Å². The van der Waals surface area contributed by atoms with Gasteiger partial charge in [0.1, 0.15) is 0 Å². The summed E-state index contributed by atoms with van der Waals surface area (Å²) >= 11 is 0. The molecule has 1 aliphatic rings. The van der Waals surface area contributed by atoms with Gasteiger partial charge in [0.15, 0.2) is 0 Å². The number of aliphatic imine (C=N–C) groups is 1. The van der Waals surface area contributed by atoms with Gasteiger partial charge < -0.3 is 10.5 Å². The van der Waals surface area contributed by atoms with Crippen LogP contribution in [-0.4, -0.2) is 25.0 Å². The number of hydrogen-bond acceptors (Lipinski definition) is 3. The average molecular weight is 210 g/mol. The van der Waals surface area contributed by atoms with Gasteiger partial charge in [-0.1, -0.05) is 6.92 Å². The molecule has 1 rings (SSSR count). The van der Waals surface area contributed by atoms with E-state index in [0.717, 1.165) is 31.4 Å². The Hall–Kier alpha value is -0.830. The molecule has 0 bridgehead atoms. The third kappa shape index (κ3) is 4.04. The third-order valence-electron chi connectivity index (χ3n) is 2.81. The molecule has 1 fully saturated rings. The Labute approximate surface area is 92.4 Å². The molecule has 0 aromatic heterocycles. The number of hydrogen-bond donors (Lipinski definition) is 1. The van der Waals surface area contributed by atoms with Crippen LogP contribution in [0.25, 0.3) is 0 Å². The Kier molecular flexibility index (Phi) is 5.40. The maximum atomic E-state index is 5.66. The lowest BCUT2D eigenvalue weighted by Crippen LogP contribution is -2.23. The quantitative estimate of drug-likeness (QED) is 0.723. The van der Waals surface area contributed by atoms with E-state index in [1.807, 2.05) is 6.21 Å². The highest BCUT2D eigenvalue weighted by Crippen LogP contribution is 2.18. The third-order valence-corrected chi connectivity index (χ3v) is 2.81. The van der Waals surface area contributed by atoms with E-state index in [4.69, 9.17) is 10.5 Å². The molecular weight excluding hydrogens is 188 g/mol. The fourth-order valence-corrected chi connectivity index (χ4v) is 1.56. The van der Waals surface area contributed by atoms with Gasteiger partial charge in [0.05, 0.1) is 6.10 Å². The zero-order valence-corrected chi connectivity index (χ0v) is 9.78. The summed E-state index contributed by atoms with van der Waals surface area (Å²) in [6, 6.07) is 0.364. The zero-order valence-electron chi connectivity index (χ0n) is 9.78. The summed E-state index contributed by atoms with van der Waals surface area (Å²) in [4.78, 5) is 4.44. The molecule has 0 radical (unpaired) electrons. The van der Waals surface area contributed by atoms with Gasteiger partial charge in [0, 0.05) is 30.6 Å². The summed E-state index contributed by atoms with van der Waals surface area (Å²) in [5.74, 6) is 0. The summed E-state index contributed by atoms with van der Waals surface area (Å²) in [5.41, 5.74) is 6.62. The monoisotopic (exact) mass is 210 g/mol. The smallest absolute Gasteiger partial charge is 0.0853 e. The molecule has 3 nitrogen and oxygen atoms in total. The van der Waals surface area contributed by atoms with Crippen LogP contribution in [0, 0.1) is 0 Å². The predicted octanol–water partition coefficient (Wildman–Crippen LogP) is 2.27. The molecule has 0 amide bonds. The molecule has 0 spiro atoms. The van der Waals surface area contributed by atoms with Gasteiger partial charge in [0.25, 0.3) is 0 Å². The van der Waals surface area contributed by atoms with Crippen molar-refractivity contribution in [3.8, 4) is 0 Å². The number of nitrogens with two attached hydrogens (primary N) is 1. The lowest BCUT2D eigenvalue weighted by molar-refractivity contribution is 0.0429. The van der Waals surface area contributed by atoms with Crippen molar-refractivity contribution in [2.75, 3.05) is 6.61 Å². The van der Waals surface area contributed by atoms with Crippen molar-refractivity contribution >= 4 is 6.21 Å². The fraction of sp³-hybridized carbons (Fsp3) is 0.750. The maximum absolute atomic E-state index is 5.66. The van der Waals surface area contributed by atoms with E-state index in [0.29, 0.717) is 6.04 Å². The van der Waals surface area contributed by atoms with Crippen molar-refractivity contribution in [2.24, 2.45) is 10.7 Å². The maximum Gasteiger partial charge on any atom is 0.0853 e. The van der Waals surface area contributed by atoms with Crippen LogP contribution in [-0.2, 0) is 4.74 Å². The van der Waals surface area contributed by atoms with Gasteiger partial charge in [0.2, 0.25) is 0 Å². The van der Waals surface area contributed by atoms with Crippen LogP contribution in [0.2, 0.25) is 0 Å². The Morgan fingerprint density at radius 2 is 2.40 bits per heavy atom. The van der Waals surface area contributed by atoms with Crippen LogP contribution < -0.4 is 5.73 Å². The van der Waals surface area contributed by atoms with Crippen molar-refractivity contribution < 1.29 is 4.74 Å². The standard InChI is InChI=1S/C12H22N2O/c1-3-10(2)14-9-11(8-13)12-6-4-5-7-15-12/h8-10,12H,3-7,13H2,1-2H3/b11-8+,14-9?/t10?,12-/m1/s1. The fourth-order valence-electron chi connectivity index (χ4n) is 1.56. The minimum Gasteiger partial charge on any atom is -0.404 e. The molecule has 1 unspecified atom stereocenters. The van der Waals surface area contributed by atoms with Gasteiger partial charge >= 0.3 is 0 Å². The minimum absolute atomic E-state index is 0.163. The summed E-state index contributed by atoms with van der Waals surface area (Å²) in [5, 5.41) is 0. The Morgan fingerprint density at radius 3 is 2.93 bits per heavy atom. The molecule has 1 saturated heterocycles. The molecule has 0 saturated carbocycles. The van der Waals surface area contributed by atoms with Gasteiger partial charge in [-0.25, -0.2) is 0 Å². The van der Waals surface area contributed by atoms with Crippen molar-refractivity contribution in [3.05, 3.63) is 11.8 Å². The summed E-state index contributed by atoms with van der Waals surface area (Å²) in [6.45, 7) is 5.08. The van der Waals surface area contributed by atoms with Crippen LogP contribution >= 0.6 is 0 Å². The highest BCUT2D eigenvalue weighted by Gasteiger charge is 2.16. The average Bonchev–Trinajstić information content (AvgIpc) is 2.31. The normalized spacial score (nSPS) is 25.7. The molecule has 15 heavy (non-hydrogen) atoms. The van der Waals surface area contributed by atoms with Crippen LogP contribution in [0.4, 0.5) is 0 Å². The van der Waals surface area contributed by atoms with Gasteiger partial charge in [-0.15, -0.1) is 0 Å². The molecule has 3 heteroatoms. The summed E-state index contributed by atoms with van der Waals surface area (Å²) in [7, 11) is 0. The largest absolute Gasteiger partial charge is 0.404 e. The molecular formula is C12H22N2O. The van der Waals surface area contributed by atoms with E-state index < -0.39 is 0 Å². The second-order valence-electron chi connectivity index (χ2n) is 4.06. The molecule has 0 aromatic rings. The van der Waals surface area contributed by atoms with Crippen molar-refractivity contribution in [2.45, 2.75) is 51.7 Å². The summed E-state index contributed by atoms with van der Waals surface area (Å²) in [6.07, 6.45) is 8.17. The Bertz CT molecular complexity index is 230. The molecule has 0 aromatic carbocycles. The Balaban J connectivity index is 2.51. The lowest BCUT2D eigenvalue weighted by atomic mass is 10.0. The molecule has 1 aliphatic heterocycles. The topological polar surface area (TPSA) is 47.6 Å². The predicted molar refractivity (Wildman–Crippen MR) is 64.1 cm³/mol.